The van der Waals surface area contributed by atoms with Crippen molar-refractivity contribution in [3.05, 3.63) is 63.8 Å². The van der Waals surface area contributed by atoms with E-state index in [1.807, 2.05) is 35.2 Å². The first kappa shape index (κ1) is 18.4. The summed E-state index contributed by atoms with van der Waals surface area (Å²) in [7, 11) is 0. The van der Waals surface area contributed by atoms with Crippen LogP contribution in [0, 0.1) is 11.8 Å². The van der Waals surface area contributed by atoms with Crippen molar-refractivity contribution in [2.24, 2.45) is 11.8 Å². The van der Waals surface area contributed by atoms with Crippen molar-refractivity contribution < 1.29 is 9.59 Å². The van der Waals surface area contributed by atoms with Gasteiger partial charge in [-0.15, -0.1) is 0 Å². The number of nitrogens with one attached hydrogen (secondary N) is 2. The Bertz CT molecular complexity index is 1140. The number of hydrogen-bond donors (Lipinski definition) is 2. The fraction of sp³-hybridized carbons (Fsp3) is 0.304. The Morgan fingerprint density at radius 3 is 2.79 bits per heavy atom. The lowest BCUT2D eigenvalue weighted by Crippen LogP contribution is -2.35. The van der Waals surface area contributed by atoms with Crippen molar-refractivity contribution in [3.8, 4) is 0 Å². The molecule has 6 heteroatoms. The molecule has 2 aliphatic rings. The fourth-order valence-electron chi connectivity index (χ4n) is 4.21. The van der Waals surface area contributed by atoms with E-state index in [0.717, 1.165) is 28.2 Å². The number of hydrogen-bond acceptors (Lipinski definition) is 2. The maximum Gasteiger partial charge on any atom is 0.254 e. The standard InChI is InChI=1S/C23H22BrN3O2/c1-13-10-17(13)22(28)25-15-5-2-4-14(11-15)23(29)27-9-8-20-18(12-27)16-6-3-7-19(24)21(16)26-20/h2-7,11,13,17,26H,8-10,12H2,1H3,(H,25,28). The van der Waals surface area contributed by atoms with Crippen LogP contribution in [0.1, 0.15) is 35.0 Å². The van der Waals surface area contributed by atoms with Crippen LogP contribution in [0.4, 0.5) is 5.69 Å². The molecule has 1 saturated carbocycles. The quantitative estimate of drug-likeness (QED) is 0.604. The lowest BCUT2D eigenvalue weighted by atomic mass is 10.0. The first-order chi connectivity index (χ1) is 14.0. The van der Waals surface area contributed by atoms with Gasteiger partial charge in [-0.2, -0.15) is 0 Å². The number of fused-ring (bicyclic) bond motifs is 3. The van der Waals surface area contributed by atoms with Crippen molar-refractivity contribution >= 4 is 44.3 Å². The molecule has 0 spiro atoms. The lowest BCUT2D eigenvalue weighted by Gasteiger charge is -2.27. The SMILES string of the molecule is CC1CC1C(=O)Nc1cccc(C(=O)N2CCc3[nH]c4c(Br)cccc4c3C2)c1. The van der Waals surface area contributed by atoms with E-state index in [1.54, 1.807) is 6.07 Å². The molecule has 1 fully saturated rings. The Labute approximate surface area is 177 Å². The maximum atomic E-state index is 13.2. The normalized spacial score (nSPS) is 20.4. The number of nitrogens with zero attached hydrogens (tertiary/aromatic N) is 1. The zero-order valence-corrected chi connectivity index (χ0v) is 17.8. The van der Waals surface area contributed by atoms with E-state index in [0.29, 0.717) is 30.3 Å². The minimum Gasteiger partial charge on any atom is -0.357 e. The van der Waals surface area contributed by atoms with Crippen LogP contribution in [-0.2, 0) is 17.8 Å². The molecule has 1 aliphatic carbocycles. The highest BCUT2D eigenvalue weighted by atomic mass is 79.9. The molecule has 148 valence electrons. The molecule has 2 unspecified atom stereocenters. The average molecular weight is 452 g/mol. The van der Waals surface area contributed by atoms with E-state index in [9.17, 15) is 9.59 Å². The molecule has 1 aliphatic heterocycles. The van der Waals surface area contributed by atoms with Gasteiger partial charge in [0, 0.05) is 57.8 Å². The van der Waals surface area contributed by atoms with Crippen LogP contribution in [0.2, 0.25) is 0 Å². The van der Waals surface area contributed by atoms with Gasteiger partial charge in [0.25, 0.3) is 5.91 Å². The Morgan fingerprint density at radius 1 is 1.21 bits per heavy atom. The Kier molecular flexibility index (Phi) is 4.46. The number of amides is 2. The largest absolute Gasteiger partial charge is 0.357 e. The number of H-pyrrole nitrogens is 1. The van der Waals surface area contributed by atoms with Crippen molar-refractivity contribution in [1.82, 2.24) is 9.88 Å². The van der Waals surface area contributed by atoms with Gasteiger partial charge in [-0.3, -0.25) is 9.59 Å². The molecule has 2 amide bonds. The van der Waals surface area contributed by atoms with E-state index < -0.39 is 0 Å². The van der Waals surface area contributed by atoms with Gasteiger partial charge in [-0.05, 0) is 52.5 Å². The highest BCUT2D eigenvalue weighted by Gasteiger charge is 2.39. The highest BCUT2D eigenvalue weighted by molar-refractivity contribution is 9.10. The van der Waals surface area contributed by atoms with Gasteiger partial charge >= 0.3 is 0 Å². The minimum absolute atomic E-state index is 0.00381. The molecule has 2 aromatic carbocycles. The van der Waals surface area contributed by atoms with E-state index >= 15 is 0 Å². The van der Waals surface area contributed by atoms with Gasteiger partial charge in [-0.1, -0.05) is 25.1 Å². The number of rotatable bonds is 3. The second kappa shape index (κ2) is 7.02. The second-order valence-electron chi connectivity index (χ2n) is 8.11. The summed E-state index contributed by atoms with van der Waals surface area (Å²) in [5.41, 5.74) is 4.78. The molecule has 2 N–H and O–H groups in total. The molecule has 1 aromatic heterocycles. The van der Waals surface area contributed by atoms with Crippen LogP contribution in [0.3, 0.4) is 0 Å². The number of anilines is 1. The molecular weight excluding hydrogens is 430 g/mol. The number of aromatic nitrogens is 1. The third-order valence-corrected chi connectivity index (χ3v) is 6.73. The predicted octanol–water partition coefficient (Wildman–Crippen LogP) is 4.72. The van der Waals surface area contributed by atoms with E-state index in [1.165, 1.54) is 11.3 Å². The molecule has 2 heterocycles. The molecule has 5 rings (SSSR count). The topological polar surface area (TPSA) is 65.2 Å². The Hall–Kier alpha value is -2.60. The fourth-order valence-corrected chi connectivity index (χ4v) is 4.68. The van der Waals surface area contributed by atoms with Crippen molar-refractivity contribution in [1.29, 1.82) is 0 Å². The van der Waals surface area contributed by atoms with Crippen LogP contribution in [0.15, 0.2) is 46.9 Å². The molecule has 5 nitrogen and oxygen atoms in total. The van der Waals surface area contributed by atoms with Gasteiger partial charge in [0.1, 0.15) is 0 Å². The summed E-state index contributed by atoms with van der Waals surface area (Å²) in [5, 5.41) is 4.11. The monoisotopic (exact) mass is 451 g/mol. The third-order valence-electron chi connectivity index (χ3n) is 6.07. The molecule has 2 atom stereocenters. The molecule has 3 aromatic rings. The summed E-state index contributed by atoms with van der Waals surface area (Å²) in [4.78, 5) is 30.8. The Balaban J connectivity index is 1.36. The van der Waals surface area contributed by atoms with Crippen molar-refractivity contribution in [2.45, 2.75) is 26.3 Å². The summed E-state index contributed by atoms with van der Waals surface area (Å²) in [6, 6.07) is 13.4. The van der Waals surface area contributed by atoms with Crippen LogP contribution in [0.5, 0.6) is 0 Å². The summed E-state index contributed by atoms with van der Waals surface area (Å²) in [5.74, 6) is 0.611. The number of para-hydroxylation sites is 1. The number of halogens is 1. The minimum atomic E-state index is -0.00381. The number of aromatic amines is 1. The molecule has 0 bridgehead atoms. The smallest absolute Gasteiger partial charge is 0.254 e. The summed E-state index contributed by atoms with van der Waals surface area (Å²) in [6.07, 6.45) is 1.75. The zero-order valence-electron chi connectivity index (χ0n) is 16.2. The number of carbonyl (C=O) groups is 2. The average Bonchev–Trinajstić information content (AvgIpc) is 3.34. The van der Waals surface area contributed by atoms with Crippen LogP contribution < -0.4 is 5.32 Å². The van der Waals surface area contributed by atoms with Gasteiger partial charge < -0.3 is 15.2 Å². The molecule has 0 radical (unpaired) electrons. The molecule has 0 saturated heterocycles. The second-order valence-corrected chi connectivity index (χ2v) is 8.97. The zero-order chi connectivity index (χ0) is 20.1. The first-order valence-electron chi connectivity index (χ1n) is 9.99. The third kappa shape index (κ3) is 3.35. The van der Waals surface area contributed by atoms with Gasteiger partial charge in [0.15, 0.2) is 0 Å². The van der Waals surface area contributed by atoms with Gasteiger partial charge in [0.05, 0.1) is 5.52 Å². The summed E-state index contributed by atoms with van der Waals surface area (Å²) in [6.45, 7) is 3.34. The van der Waals surface area contributed by atoms with E-state index in [-0.39, 0.29) is 17.7 Å². The van der Waals surface area contributed by atoms with Gasteiger partial charge in [0.2, 0.25) is 5.91 Å². The summed E-state index contributed by atoms with van der Waals surface area (Å²) >= 11 is 3.60. The predicted molar refractivity (Wildman–Crippen MR) is 117 cm³/mol. The highest BCUT2D eigenvalue weighted by Crippen LogP contribution is 2.38. The summed E-state index contributed by atoms with van der Waals surface area (Å²) < 4.78 is 1.04. The van der Waals surface area contributed by atoms with Crippen LogP contribution in [-0.4, -0.2) is 28.2 Å². The van der Waals surface area contributed by atoms with Crippen molar-refractivity contribution in [2.75, 3.05) is 11.9 Å². The van der Waals surface area contributed by atoms with Crippen LogP contribution in [0.25, 0.3) is 10.9 Å². The van der Waals surface area contributed by atoms with Crippen molar-refractivity contribution in [3.63, 3.8) is 0 Å². The molecular formula is C23H22BrN3O2. The Morgan fingerprint density at radius 2 is 2.00 bits per heavy atom. The van der Waals surface area contributed by atoms with E-state index in [4.69, 9.17) is 0 Å². The van der Waals surface area contributed by atoms with Gasteiger partial charge in [-0.25, -0.2) is 0 Å². The molecule has 29 heavy (non-hydrogen) atoms. The maximum absolute atomic E-state index is 13.2. The first-order valence-corrected chi connectivity index (χ1v) is 10.8. The lowest BCUT2D eigenvalue weighted by molar-refractivity contribution is -0.117. The van der Waals surface area contributed by atoms with Crippen LogP contribution >= 0.6 is 15.9 Å². The van der Waals surface area contributed by atoms with E-state index in [2.05, 4.69) is 39.2 Å². The number of benzene rings is 2. The number of carbonyl (C=O) groups excluding carboxylic acids is 2.